The fraction of sp³-hybridized carbons (Fsp3) is 0.316. The quantitative estimate of drug-likeness (QED) is 0.839. The van der Waals surface area contributed by atoms with E-state index in [1.807, 2.05) is 18.2 Å². The second-order valence-electron chi connectivity index (χ2n) is 6.10. The fourth-order valence-corrected chi connectivity index (χ4v) is 3.48. The van der Waals surface area contributed by atoms with Gasteiger partial charge in [-0.25, -0.2) is 4.79 Å². The van der Waals surface area contributed by atoms with Crippen molar-refractivity contribution < 1.29 is 9.53 Å². The molecule has 1 aliphatic rings. The maximum absolute atomic E-state index is 12.5. The molecule has 0 radical (unpaired) electrons. The number of benzene rings is 2. The topological polar surface area (TPSA) is 44.8 Å². The Morgan fingerprint density at radius 2 is 1.69 bits per heavy atom. The molecule has 138 valence electrons. The number of anilines is 1. The molecule has 1 heterocycles. The van der Waals surface area contributed by atoms with E-state index in [4.69, 9.17) is 27.9 Å². The van der Waals surface area contributed by atoms with Crippen LogP contribution in [-0.2, 0) is 6.54 Å². The fourth-order valence-electron chi connectivity index (χ4n) is 2.99. The van der Waals surface area contributed by atoms with Gasteiger partial charge in [0.15, 0.2) is 0 Å². The minimum atomic E-state index is -0.183. The molecule has 0 saturated carbocycles. The van der Waals surface area contributed by atoms with Crippen molar-refractivity contribution in [1.82, 2.24) is 9.80 Å². The van der Waals surface area contributed by atoms with Gasteiger partial charge in [0.05, 0.1) is 22.8 Å². The Hall–Kier alpha value is -1.95. The van der Waals surface area contributed by atoms with Crippen molar-refractivity contribution in [3.05, 3.63) is 58.1 Å². The van der Waals surface area contributed by atoms with Gasteiger partial charge in [0.25, 0.3) is 0 Å². The molecule has 2 amide bonds. The zero-order valence-corrected chi connectivity index (χ0v) is 16.1. The lowest BCUT2D eigenvalue weighted by molar-refractivity contribution is 0.142. The molecule has 2 aromatic rings. The van der Waals surface area contributed by atoms with E-state index >= 15 is 0 Å². The number of amides is 2. The maximum atomic E-state index is 12.5. The summed E-state index contributed by atoms with van der Waals surface area (Å²) >= 11 is 12.2. The van der Waals surface area contributed by atoms with Crippen LogP contribution in [0, 0.1) is 0 Å². The maximum Gasteiger partial charge on any atom is 0.322 e. The van der Waals surface area contributed by atoms with E-state index in [2.05, 4.69) is 16.3 Å². The summed E-state index contributed by atoms with van der Waals surface area (Å²) < 4.78 is 5.41. The number of rotatable bonds is 4. The van der Waals surface area contributed by atoms with E-state index in [-0.39, 0.29) is 6.03 Å². The average Bonchev–Trinajstić information content (AvgIpc) is 2.66. The average molecular weight is 394 g/mol. The molecule has 0 spiro atoms. The first-order chi connectivity index (χ1) is 12.6. The van der Waals surface area contributed by atoms with Gasteiger partial charge in [0.1, 0.15) is 5.75 Å². The number of hydrogen-bond acceptors (Lipinski definition) is 3. The normalized spacial score (nSPS) is 15.0. The zero-order chi connectivity index (χ0) is 18.5. The number of halogens is 2. The third kappa shape index (κ3) is 4.41. The van der Waals surface area contributed by atoms with E-state index in [9.17, 15) is 4.79 Å². The number of methoxy groups -OCH3 is 1. The third-order valence-electron chi connectivity index (χ3n) is 4.44. The highest BCUT2D eigenvalue weighted by atomic mass is 35.5. The summed E-state index contributed by atoms with van der Waals surface area (Å²) in [5, 5.41) is 3.68. The molecule has 0 aromatic heterocycles. The van der Waals surface area contributed by atoms with Crippen LogP contribution in [-0.4, -0.2) is 49.1 Å². The number of carbonyl (C=O) groups is 1. The van der Waals surface area contributed by atoms with Crippen LogP contribution in [0.15, 0.2) is 42.5 Å². The van der Waals surface area contributed by atoms with Crippen molar-refractivity contribution >= 4 is 34.9 Å². The molecule has 0 unspecified atom stereocenters. The lowest BCUT2D eigenvalue weighted by Crippen LogP contribution is -2.49. The van der Waals surface area contributed by atoms with Gasteiger partial charge in [-0.1, -0.05) is 47.5 Å². The van der Waals surface area contributed by atoms with Crippen LogP contribution >= 0.6 is 23.2 Å². The predicted octanol–water partition coefficient (Wildman–Crippen LogP) is 4.35. The van der Waals surface area contributed by atoms with Crippen LogP contribution in [0.5, 0.6) is 5.75 Å². The van der Waals surface area contributed by atoms with Crippen molar-refractivity contribution in [2.45, 2.75) is 6.54 Å². The Balaban J connectivity index is 1.56. The molecule has 1 aliphatic heterocycles. The molecule has 5 nitrogen and oxygen atoms in total. The first kappa shape index (κ1) is 18.8. The summed E-state index contributed by atoms with van der Waals surface area (Å²) in [4.78, 5) is 16.6. The number of para-hydroxylation sites is 2. The molecule has 1 saturated heterocycles. The second kappa shape index (κ2) is 8.62. The van der Waals surface area contributed by atoms with Gasteiger partial charge in [0.2, 0.25) is 0 Å². The Kier molecular flexibility index (Phi) is 6.25. The van der Waals surface area contributed by atoms with Gasteiger partial charge in [0, 0.05) is 38.3 Å². The van der Waals surface area contributed by atoms with Crippen molar-refractivity contribution in [2.75, 3.05) is 38.6 Å². The standard InChI is InChI=1S/C19H21Cl2N3O2/c1-26-17-8-3-2-5-14(17)13-23-9-11-24(12-10-23)19(25)22-18-15(20)6-4-7-16(18)21/h2-8H,9-13H2,1H3,(H,22,25). The molecule has 1 N–H and O–H groups in total. The summed E-state index contributed by atoms with van der Waals surface area (Å²) in [6.07, 6.45) is 0. The summed E-state index contributed by atoms with van der Waals surface area (Å²) in [5.74, 6) is 0.890. The summed E-state index contributed by atoms with van der Waals surface area (Å²) in [5.41, 5.74) is 1.60. The minimum Gasteiger partial charge on any atom is -0.496 e. The lowest BCUT2D eigenvalue weighted by atomic mass is 10.1. The molecule has 0 aliphatic carbocycles. The third-order valence-corrected chi connectivity index (χ3v) is 5.07. The summed E-state index contributed by atoms with van der Waals surface area (Å²) in [6.45, 7) is 3.67. The van der Waals surface area contributed by atoms with Crippen LogP contribution in [0.2, 0.25) is 10.0 Å². The smallest absolute Gasteiger partial charge is 0.322 e. The number of carbonyl (C=O) groups excluding carboxylic acids is 1. The van der Waals surface area contributed by atoms with Crippen molar-refractivity contribution in [3.8, 4) is 5.75 Å². The van der Waals surface area contributed by atoms with E-state index in [1.54, 1.807) is 30.2 Å². The molecule has 3 rings (SSSR count). The molecule has 7 heteroatoms. The SMILES string of the molecule is COc1ccccc1CN1CCN(C(=O)Nc2c(Cl)cccc2Cl)CC1. The van der Waals surface area contributed by atoms with E-state index in [1.165, 1.54) is 0 Å². The highest BCUT2D eigenvalue weighted by Crippen LogP contribution is 2.30. The first-order valence-corrected chi connectivity index (χ1v) is 9.18. The first-order valence-electron chi connectivity index (χ1n) is 8.42. The van der Waals surface area contributed by atoms with Gasteiger partial charge in [-0.15, -0.1) is 0 Å². The van der Waals surface area contributed by atoms with E-state index < -0.39 is 0 Å². The molecule has 26 heavy (non-hydrogen) atoms. The Morgan fingerprint density at radius 3 is 2.35 bits per heavy atom. The molecule has 1 fully saturated rings. The molecular weight excluding hydrogens is 373 g/mol. The summed E-state index contributed by atoms with van der Waals surface area (Å²) in [7, 11) is 1.68. The van der Waals surface area contributed by atoms with Crippen LogP contribution in [0.4, 0.5) is 10.5 Å². The van der Waals surface area contributed by atoms with Crippen molar-refractivity contribution in [1.29, 1.82) is 0 Å². The van der Waals surface area contributed by atoms with Crippen LogP contribution in [0.3, 0.4) is 0 Å². The van der Waals surface area contributed by atoms with Gasteiger partial charge in [-0.3, -0.25) is 4.90 Å². The molecule has 0 atom stereocenters. The number of piperazine rings is 1. The van der Waals surface area contributed by atoms with Gasteiger partial charge in [-0.05, 0) is 18.2 Å². The lowest BCUT2D eigenvalue weighted by Gasteiger charge is -2.35. The monoisotopic (exact) mass is 393 g/mol. The number of nitrogens with zero attached hydrogens (tertiary/aromatic N) is 2. The van der Waals surface area contributed by atoms with Crippen LogP contribution in [0.1, 0.15) is 5.56 Å². The number of ether oxygens (including phenoxy) is 1. The Morgan fingerprint density at radius 1 is 1.04 bits per heavy atom. The highest BCUT2D eigenvalue weighted by Gasteiger charge is 2.22. The molecular formula is C19H21Cl2N3O2. The van der Waals surface area contributed by atoms with E-state index in [0.29, 0.717) is 28.8 Å². The molecule has 2 aromatic carbocycles. The zero-order valence-electron chi connectivity index (χ0n) is 14.5. The van der Waals surface area contributed by atoms with E-state index in [0.717, 1.165) is 30.9 Å². The van der Waals surface area contributed by atoms with Gasteiger partial charge in [-0.2, -0.15) is 0 Å². The Bertz CT molecular complexity index is 757. The van der Waals surface area contributed by atoms with Gasteiger partial charge >= 0.3 is 6.03 Å². The van der Waals surface area contributed by atoms with Crippen LogP contribution < -0.4 is 10.1 Å². The number of urea groups is 1. The van der Waals surface area contributed by atoms with Crippen LogP contribution in [0.25, 0.3) is 0 Å². The second-order valence-corrected chi connectivity index (χ2v) is 6.92. The largest absolute Gasteiger partial charge is 0.496 e. The Labute approximate surface area is 163 Å². The van der Waals surface area contributed by atoms with Crippen molar-refractivity contribution in [3.63, 3.8) is 0 Å². The number of hydrogen-bond donors (Lipinski definition) is 1. The van der Waals surface area contributed by atoms with Crippen molar-refractivity contribution in [2.24, 2.45) is 0 Å². The summed E-state index contributed by atoms with van der Waals surface area (Å²) in [6, 6.07) is 13.0. The highest BCUT2D eigenvalue weighted by molar-refractivity contribution is 6.39. The predicted molar refractivity (Wildman–Crippen MR) is 105 cm³/mol. The minimum absolute atomic E-state index is 0.183. The number of nitrogens with one attached hydrogen (secondary N) is 1. The van der Waals surface area contributed by atoms with Gasteiger partial charge < -0.3 is 15.0 Å². The molecule has 0 bridgehead atoms.